The second kappa shape index (κ2) is 11.3. The Balaban J connectivity index is 0.00000151. The molecule has 6 aromatic rings. The maximum Gasteiger partial charge on any atom is 0.143 e. The highest BCUT2D eigenvalue weighted by atomic mass is 79.9. The number of methoxy groups -OCH3 is 2. The molecule has 0 atom stereocenters. The van der Waals surface area contributed by atoms with Crippen molar-refractivity contribution in [1.29, 1.82) is 0 Å². The minimum absolute atomic E-state index is 0.767. The maximum atomic E-state index is 5.52. The lowest BCUT2D eigenvalue weighted by Crippen LogP contribution is -2.37. The fourth-order valence-electron chi connectivity index (χ4n) is 5.28. The molecular formula is C33H30BrN3O2. The van der Waals surface area contributed by atoms with Crippen molar-refractivity contribution >= 4 is 37.9 Å². The fourth-order valence-corrected chi connectivity index (χ4v) is 5.58. The lowest BCUT2D eigenvalue weighted by atomic mass is 9.76. The van der Waals surface area contributed by atoms with E-state index in [1.54, 1.807) is 14.2 Å². The average molecular weight is 581 g/mol. The molecule has 39 heavy (non-hydrogen) atoms. The van der Waals surface area contributed by atoms with Crippen LogP contribution in [0.5, 0.6) is 11.5 Å². The summed E-state index contributed by atoms with van der Waals surface area (Å²) >= 11 is 3.62. The van der Waals surface area contributed by atoms with E-state index in [1.165, 1.54) is 0 Å². The summed E-state index contributed by atoms with van der Waals surface area (Å²) in [5.74, 6) is 1.60. The van der Waals surface area contributed by atoms with E-state index in [1.807, 2.05) is 62.6 Å². The van der Waals surface area contributed by atoms with Crippen molar-refractivity contribution in [3.8, 4) is 11.5 Å². The number of benzene rings is 3. The van der Waals surface area contributed by atoms with Gasteiger partial charge >= 0.3 is 0 Å². The number of fused-ring (bicyclic) bond motifs is 3. The van der Waals surface area contributed by atoms with E-state index in [4.69, 9.17) is 14.5 Å². The zero-order valence-corrected chi connectivity index (χ0v) is 24.0. The van der Waals surface area contributed by atoms with Gasteiger partial charge in [-0.1, -0.05) is 68.4 Å². The molecule has 0 N–H and O–H groups in total. The normalized spacial score (nSPS) is 11.2. The van der Waals surface area contributed by atoms with Crippen molar-refractivity contribution in [2.75, 3.05) is 14.2 Å². The van der Waals surface area contributed by atoms with Gasteiger partial charge in [0.1, 0.15) is 27.3 Å². The second-order valence-corrected chi connectivity index (χ2v) is 9.58. The van der Waals surface area contributed by atoms with Crippen LogP contribution in [0.25, 0.3) is 21.9 Å². The minimum Gasteiger partial charge on any atom is -0.497 e. The summed E-state index contributed by atoms with van der Waals surface area (Å²) in [6, 6.07) is 33.3. The molecule has 0 radical (unpaired) electrons. The predicted octanol–water partition coefficient (Wildman–Crippen LogP) is 8.23. The van der Waals surface area contributed by atoms with Gasteiger partial charge < -0.3 is 14.0 Å². The molecule has 3 aromatic heterocycles. The van der Waals surface area contributed by atoms with Crippen LogP contribution < -0.4 is 9.47 Å². The van der Waals surface area contributed by atoms with Crippen LogP contribution >= 0.6 is 15.9 Å². The first-order chi connectivity index (χ1) is 19.2. The molecule has 0 unspecified atom stereocenters. The number of nitrogens with zero attached hydrogens (tertiary/aromatic N) is 3. The topological polar surface area (TPSA) is 49.2 Å². The lowest BCUT2D eigenvalue weighted by molar-refractivity contribution is 0.413. The highest BCUT2D eigenvalue weighted by Gasteiger charge is 2.41. The number of halogens is 1. The van der Waals surface area contributed by atoms with Crippen LogP contribution in [0.15, 0.2) is 114 Å². The van der Waals surface area contributed by atoms with Crippen molar-refractivity contribution in [3.63, 3.8) is 0 Å². The smallest absolute Gasteiger partial charge is 0.143 e. The van der Waals surface area contributed by atoms with Crippen LogP contribution in [0.3, 0.4) is 0 Å². The van der Waals surface area contributed by atoms with E-state index < -0.39 is 5.54 Å². The Morgan fingerprint density at radius 3 is 1.79 bits per heavy atom. The van der Waals surface area contributed by atoms with Crippen LogP contribution in [0, 0.1) is 0 Å². The van der Waals surface area contributed by atoms with E-state index in [0.29, 0.717) is 0 Å². The molecule has 5 nitrogen and oxygen atoms in total. The lowest BCUT2D eigenvalue weighted by Gasteiger charge is -2.38. The van der Waals surface area contributed by atoms with Gasteiger partial charge in [-0.2, -0.15) is 0 Å². The minimum atomic E-state index is -0.769. The van der Waals surface area contributed by atoms with Crippen LogP contribution in [0.2, 0.25) is 0 Å². The monoisotopic (exact) mass is 579 g/mol. The van der Waals surface area contributed by atoms with Gasteiger partial charge in [0.2, 0.25) is 0 Å². The molecule has 0 fully saturated rings. The third-order valence-electron chi connectivity index (χ3n) is 6.92. The summed E-state index contributed by atoms with van der Waals surface area (Å²) in [6.45, 7) is 4.00. The summed E-state index contributed by atoms with van der Waals surface area (Å²) in [4.78, 5) is 9.48. The van der Waals surface area contributed by atoms with Crippen molar-refractivity contribution in [1.82, 2.24) is 14.5 Å². The molecule has 0 aliphatic heterocycles. The van der Waals surface area contributed by atoms with Gasteiger partial charge in [-0.25, -0.2) is 4.98 Å². The average Bonchev–Trinajstić information content (AvgIpc) is 3.33. The van der Waals surface area contributed by atoms with Crippen molar-refractivity contribution in [3.05, 3.63) is 131 Å². The highest BCUT2D eigenvalue weighted by Crippen LogP contribution is 2.46. The number of aromatic nitrogens is 3. The van der Waals surface area contributed by atoms with E-state index >= 15 is 0 Å². The number of rotatable bonds is 6. The van der Waals surface area contributed by atoms with Gasteiger partial charge in [0.05, 0.1) is 19.7 Å². The van der Waals surface area contributed by atoms with Gasteiger partial charge in [-0.15, -0.1) is 0 Å². The molecule has 6 rings (SSSR count). The van der Waals surface area contributed by atoms with Gasteiger partial charge in [0, 0.05) is 23.2 Å². The van der Waals surface area contributed by atoms with Crippen molar-refractivity contribution in [2.45, 2.75) is 19.4 Å². The van der Waals surface area contributed by atoms with Crippen molar-refractivity contribution < 1.29 is 9.47 Å². The van der Waals surface area contributed by atoms with Gasteiger partial charge in [0.15, 0.2) is 0 Å². The molecule has 3 aromatic carbocycles. The standard InChI is InChI=1S/C31H24BrN3O2.C2H6/c1-36-24-12-8-22(9-13-24)31(21-6-4-3-5-7-21,23-10-14-25(37-2)15-11-23)35-28-18-19-33-20-27(28)26-16-17-29(32)34-30(26)35;1-2/h3-20H,1-2H3;1-2H3. The molecule has 0 saturated heterocycles. The summed E-state index contributed by atoms with van der Waals surface area (Å²) in [5.41, 5.74) is 4.36. The van der Waals surface area contributed by atoms with E-state index in [0.717, 1.165) is 54.7 Å². The Hall–Kier alpha value is -4.16. The van der Waals surface area contributed by atoms with Gasteiger partial charge in [-0.3, -0.25) is 4.98 Å². The quantitative estimate of drug-likeness (QED) is 0.147. The summed E-state index contributed by atoms with van der Waals surface area (Å²) in [6.07, 6.45) is 3.76. The van der Waals surface area contributed by atoms with Crippen LogP contribution in [0.1, 0.15) is 30.5 Å². The summed E-state index contributed by atoms with van der Waals surface area (Å²) in [5, 5.41) is 2.08. The first-order valence-electron chi connectivity index (χ1n) is 12.9. The predicted molar refractivity (Wildman–Crippen MR) is 162 cm³/mol. The van der Waals surface area contributed by atoms with Crippen LogP contribution in [0.4, 0.5) is 0 Å². The van der Waals surface area contributed by atoms with Gasteiger partial charge in [0.25, 0.3) is 0 Å². The number of hydrogen-bond acceptors (Lipinski definition) is 4. The number of pyridine rings is 2. The maximum absolute atomic E-state index is 5.52. The zero-order valence-electron chi connectivity index (χ0n) is 22.4. The third kappa shape index (κ3) is 4.45. The summed E-state index contributed by atoms with van der Waals surface area (Å²) < 4.78 is 14.1. The molecule has 0 saturated carbocycles. The first-order valence-corrected chi connectivity index (χ1v) is 13.7. The Morgan fingerprint density at radius 2 is 1.23 bits per heavy atom. The Kier molecular flexibility index (Phi) is 7.66. The molecule has 0 amide bonds. The molecular weight excluding hydrogens is 550 g/mol. The first kappa shape index (κ1) is 26.4. The fraction of sp³-hybridized carbons (Fsp3) is 0.152. The number of hydrogen-bond donors (Lipinski definition) is 0. The molecule has 0 aliphatic rings. The van der Waals surface area contributed by atoms with Crippen LogP contribution in [-0.4, -0.2) is 28.8 Å². The third-order valence-corrected chi connectivity index (χ3v) is 7.37. The Bertz CT molecular complexity index is 1650. The van der Waals surface area contributed by atoms with E-state index in [-0.39, 0.29) is 0 Å². The zero-order chi connectivity index (χ0) is 27.4. The molecule has 6 heteroatoms. The molecule has 0 bridgehead atoms. The van der Waals surface area contributed by atoms with Crippen LogP contribution in [-0.2, 0) is 5.54 Å². The largest absolute Gasteiger partial charge is 0.497 e. The SMILES string of the molecule is CC.COc1ccc(C(c2ccccc2)(c2ccc(OC)cc2)n2c3ccncc3c3ccc(Br)nc32)cc1. The molecule has 196 valence electrons. The van der Waals surface area contributed by atoms with Crippen molar-refractivity contribution in [2.24, 2.45) is 0 Å². The second-order valence-electron chi connectivity index (χ2n) is 8.77. The Labute approximate surface area is 237 Å². The van der Waals surface area contributed by atoms with E-state index in [9.17, 15) is 0 Å². The van der Waals surface area contributed by atoms with Gasteiger partial charge in [-0.05, 0) is 75.1 Å². The Morgan fingerprint density at radius 1 is 0.667 bits per heavy atom. The molecule has 0 aliphatic carbocycles. The van der Waals surface area contributed by atoms with E-state index in [2.05, 4.69) is 86.1 Å². The summed E-state index contributed by atoms with van der Waals surface area (Å²) in [7, 11) is 3.37. The number of ether oxygens (including phenoxy) is 2. The molecule has 3 heterocycles. The molecule has 0 spiro atoms. The highest BCUT2D eigenvalue weighted by molar-refractivity contribution is 9.10.